The lowest BCUT2D eigenvalue weighted by Gasteiger charge is -1.87. The molecule has 0 spiro atoms. The highest BCUT2D eigenvalue weighted by atomic mass is 33.1. The average Bonchev–Trinajstić information content (AvgIpc) is 2.45. The molecule has 1 unspecified atom stereocenters. The number of hydrogen-bond acceptors (Lipinski definition) is 6. The summed E-state index contributed by atoms with van der Waals surface area (Å²) in [6.07, 6.45) is 1.84. The molecule has 12 heavy (non-hydrogen) atoms. The first-order chi connectivity index (χ1) is 5.70. The van der Waals surface area contributed by atoms with Crippen LogP contribution in [0.1, 0.15) is 9.80 Å². The summed E-state index contributed by atoms with van der Waals surface area (Å²) in [5.41, 5.74) is 5.49. The molecule has 0 saturated heterocycles. The van der Waals surface area contributed by atoms with Crippen LogP contribution in [0.2, 0.25) is 0 Å². The van der Waals surface area contributed by atoms with E-state index in [1.165, 1.54) is 17.9 Å². The number of nitrogens with zero attached hydrogens (tertiary/aromatic N) is 2. The van der Waals surface area contributed by atoms with E-state index in [1.54, 1.807) is 0 Å². The number of methoxy groups -OCH3 is 1. The molecule has 0 aliphatic carbocycles. The van der Waals surface area contributed by atoms with Crippen molar-refractivity contribution in [1.29, 1.82) is 0 Å². The van der Waals surface area contributed by atoms with Gasteiger partial charge in [0.15, 0.2) is 0 Å². The second kappa shape index (κ2) is 3.72. The largest absolute Gasteiger partial charge is 0.461 e. The van der Waals surface area contributed by atoms with Crippen molar-refractivity contribution < 1.29 is 9.53 Å². The number of esters is 1. The van der Waals surface area contributed by atoms with Crippen LogP contribution in [0, 0.1) is 0 Å². The average molecular weight is 206 g/mol. The molecular weight excluding hydrogens is 198 g/mol. The number of carbonyl (C=O) groups excluding carboxylic acids is 1. The number of rotatable bonds is 2. The number of aromatic nitrogens is 2. The van der Waals surface area contributed by atoms with Crippen molar-refractivity contribution in [1.82, 2.24) is 10.2 Å². The first kappa shape index (κ1) is 9.27. The van der Waals surface area contributed by atoms with Crippen LogP contribution >= 0.6 is 20.3 Å². The van der Waals surface area contributed by atoms with E-state index in [-0.39, 0.29) is 0 Å². The Morgan fingerprint density at radius 3 is 2.83 bits per heavy atom. The molecule has 7 heteroatoms. The van der Waals surface area contributed by atoms with Crippen LogP contribution < -0.4 is 5.73 Å². The highest BCUT2D eigenvalue weighted by Crippen LogP contribution is 2.38. The van der Waals surface area contributed by atoms with Crippen molar-refractivity contribution in [2.45, 2.75) is 0 Å². The fourth-order valence-electron chi connectivity index (χ4n) is 0.636. The summed E-state index contributed by atoms with van der Waals surface area (Å²) in [6, 6.07) is 0. The van der Waals surface area contributed by atoms with Gasteiger partial charge in [-0.1, -0.05) is 10.2 Å². The van der Waals surface area contributed by atoms with Crippen LogP contribution in [0.25, 0.3) is 0 Å². The van der Waals surface area contributed by atoms with Crippen LogP contribution in [-0.4, -0.2) is 29.5 Å². The maximum atomic E-state index is 11.0. The van der Waals surface area contributed by atoms with Crippen molar-refractivity contribution in [2.75, 3.05) is 19.1 Å². The third-order valence-corrected chi connectivity index (χ3v) is 4.51. The van der Waals surface area contributed by atoms with Crippen molar-refractivity contribution >= 4 is 31.4 Å². The predicted molar refractivity (Wildman–Crippen MR) is 49.2 cm³/mol. The summed E-state index contributed by atoms with van der Waals surface area (Å²) in [7, 11) is 2.21. The summed E-state index contributed by atoms with van der Waals surface area (Å²) >= 11 is 0. The Morgan fingerprint density at radius 2 is 2.33 bits per heavy atom. The van der Waals surface area contributed by atoms with Gasteiger partial charge in [0.05, 0.1) is 7.11 Å². The Kier molecular flexibility index (Phi) is 2.88. The molecule has 0 aromatic carbocycles. The van der Waals surface area contributed by atoms with E-state index in [0.717, 1.165) is 0 Å². The van der Waals surface area contributed by atoms with Crippen molar-refractivity contribution in [3.63, 3.8) is 0 Å². The second-order valence-corrected chi connectivity index (χ2v) is 5.45. The Labute approximate surface area is 75.7 Å². The van der Waals surface area contributed by atoms with Crippen LogP contribution in [-0.2, 0) is 4.74 Å². The van der Waals surface area contributed by atoms with Gasteiger partial charge in [0, 0.05) is 6.26 Å². The zero-order valence-corrected chi connectivity index (χ0v) is 8.24. The Hall–Kier alpha value is -0.820. The van der Waals surface area contributed by atoms with E-state index in [1.807, 2.05) is 6.26 Å². The molecule has 1 atom stereocenters. The van der Waals surface area contributed by atoms with Gasteiger partial charge in [-0.25, -0.2) is 4.79 Å². The lowest BCUT2D eigenvalue weighted by molar-refractivity contribution is 0.0599. The smallest absolute Gasteiger partial charge is 0.415 e. The van der Waals surface area contributed by atoms with Crippen molar-refractivity contribution in [3.05, 3.63) is 5.01 Å². The highest BCUT2D eigenvalue weighted by molar-refractivity contribution is 8.46. The summed E-state index contributed by atoms with van der Waals surface area (Å²) in [6.45, 7) is 0. The van der Waals surface area contributed by atoms with Gasteiger partial charge in [-0.05, 0) is 0 Å². The van der Waals surface area contributed by atoms with E-state index >= 15 is 0 Å². The number of anilines is 1. The van der Waals surface area contributed by atoms with E-state index in [9.17, 15) is 4.79 Å². The van der Waals surface area contributed by atoms with Gasteiger partial charge in [-0.15, -0.1) is 0 Å². The van der Waals surface area contributed by atoms with Gasteiger partial charge >= 0.3 is 16.1 Å². The predicted octanol–water partition coefficient (Wildman–Crippen LogP) is 0.721. The van der Waals surface area contributed by atoms with Gasteiger partial charge in [-0.3, -0.25) is 0 Å². The Balaban J connectivity index is 3.07. The molecule has 1 rings (SSSR count). The Morgan fingerprint density at radius 1 is 1.67 bits per heavy atom. The van der Waals surface area contributed by atoms with Gasteiger partial charge in [0.2, 0.25) is 0 Å². The molecule has 0 saturated carbocycles. The molecule has 5 nitrogen and oxygen atoms in total. The zero-order chi connectivity index (χ0) is 9.14. The minimum Gasteiger partial charge on any atom is -0.461 e. The lowest BCUT2D eigenvalue weighted by atomic mass is 10.7. The molecule has 0 aliphatic rings. The molecule has 0 fully saturated rings. The SMILES string of the molecule is COC(=O)c1nnc(N)[s+]1SC. The normalized spacial score (nSPS) is 11.3. The minimum absolute atomic E-state index is 0.294. The summed E-state index contributed by atoms with van der Waals surface area (Å²) in [5, 5.41) is 7.92. The first-order valence-electron chi connectivity index (χ1n) is 2.99. The standard InChI is InChI=1S/C5H7N3O2S2/c1-10-4(9)3-7-8-5(6)12(3)11-2/h1-2H3,(H-,6,8,9)/p+1. The molecule has 1 aromatic heterocycles. The van der Waals surface area contributed by atoms with E-state index < -0.39 is 15.5 Å². The van der Waals surface area contributed by atoms with Gasteiger partial charge in [-0.2, -0.15) is 0 Å². The number of carbonyl (C=O) groups is 1. The zero-order valence-electron chi connectivity index (χ0n) is 6.60. The maximum Gasteiger partial charge on any atom is 0.415 e. The van der Waals surface area contributed by atoms with E-state index in [2.05, 4.69) is 14.9 Å². The fraction of sp³-hybridized carbons (Fsp3) is 0.400. The first-order valence-corrected chi connectivity index (χ1v) is 5.95. The summed E-state index contributed by atoms with van der Waals surface area (Å²) in [5.74, 6) is -0.461. The maximum absolute atomic E-state index is 11.0. The summed E-state index contributed by atoms with van der Waals surface area (Å²) < 4.78 is 4.51. The van der Waals surface area contributed by atoms with Gasteiger partial charge in [0.25, 0.3) is 0 Å². The van der Waals surface area contributed by atoms with Gasteiger partial charge < -0.3 is 10.5 Å². The van der Waals surface area contributed by atoms with E-state index in [0.29, 0.717) is 10.1 Å². The van der Waals surface area contributed by atoms with Crippen LogP contribution in [0.5, 0.6) is 0 Å². The van der Waals surface area contributed by atoms with Crippen molar-refractivity contribution in [2.24, 2.45) is 0 Å². The van der Waals surface area contributed by atoms with Crippen LogP contribution in [0.4, 0.5) is 5.13 Å². The van der Waals surface area contributed by atoms with Crippen LogP contribution in [0.15, 0.2) is 0 Å². The molecule has 0 bridgehead atoms. The number of nitrogen functional groups attached to an aromatic ring is 1. The quantitative estimate of drug-likeness (QED) is 0.436. The molecule has 66 valence electrons. The Bertz CT molecular complexity index is 299. The third-order valence-electron chi connectivity index (χ3n) is 1.13. The van der Waals surface area contributed by atoms with E-state index in [4.69, 9.17) is 5.73 Å². The molecule has 0 amide bonds. The topological polar surface area (TPSA) is 78.1 Å². The van der Waals surface area contributed by atoms with Gasteiger partial charge in [0.1, 0.15) is 20.3 Å². The summed E-state index contributed by atoms with van der Waals surface area (Å²) in [4.78, 5) is 11.0. The molecule has 0 radical (unpaired) electrons. The highest BCUT2D eigenvalue weighted by Gasteiger charge is 2.30. The molecule has 1 aromatic rings. The minimum atomic E-state index is -0.527. The third kappa shape index (κ3) is 1.51. The molecular formula is C5H8N3O2S2+. The number of nitrogens with two attached hydrogens (primary N) is 1. The molecule has 2 N–H and O–H groups in total. The monoisotopic (exact) mass is 206 g/mol. The van der Waals surface area contributed by atoms with Crippen molar-refractivity contribution in [3.8, 4) is 0 Å². The molecule has 0 aliphatic heterocycles. The number of ether oxygens (including phenoxy) is 1. The van der Waals surface area contributed by atoms with Crippen LogP contribution in [0.3, 0.4) is 0 Å². The molecule has 1 heterocycles. The fourth-order valence-corrected chi connectivity index (χ4v) is 3.02. The number of hydrogen-bond donors (Lipinski definition) is 1. The lowest BCUT2D eigenvalue weighted by Crippen LogP contribution is -2.00. The second-order valence-electron chi connectivity index (χ2n) is 1.77.